The predicted molar refractivity (Wildman–Crippen MR) is 80.7 cm³/mol. The number of nitrogens with zero attached hydrogens (tertiary/aromatic N) is 2. The maximum atomic E-state index is 12.4. The van der Waals surface area contributed by atoms with E-state index < -0.39 is 0 Å². The minimum absolute atomic E-state index is 0.0193. The van der Waals surface area contributed by atoms with Crippen molar-refractivity contribution in [2.24, 2.45) is 11.7 Å². The fourth-order valence-corrected chi connectivity index (χ4v) is 2.53. The second kappa shape index (κ2) is 7.77. The first kappa shape index (κ1) is 15.5. The normalized spacial score (nSPS) is 18.0. The van der Waals surface area contributed by atoms with Crippen LogP contribution < -0.4 is 5.73 Å². The van der Waals surface area contributed by atoms with Gasteiger partial charge in [0.15, 0.2) is 0 Å². The number of likely N-dealkylation sites (tertiary alicyclic amines) is 1. The van der Waals surface area contributed by atoms with Crippen LogP contribution in [0, 0.1) is 17.8 Å². The first-order valence-electron chi connectivity index (χ1n) is 7.17. The van der Waals surface area contributed by atoms with Crippen molar-refractivity contribution < 1.29 is 9.53 Å². The van der Waals surface area contributed by atoms with E-state index in [4.69, 9.17) is 10.5 Å². The van der Waals surface area contributed by atoms with E-state index >= 15 is 0 Å². The van der Waals surface area contributed by atoms with Gasteiger partial charge in [-0.1, -0.05) is 11.8 Å². The van der Waals surface area contributed by atoms with Crippen molar-refractivity contribution in [2.75, 3.05) is 33.4 Å². The van der Waals surface area contributed by atoms with Gasteiger partial charge in [0.05, 0.1) is 13.2 Å². The average Bonchev–Trinajstić information content (AvgIpc) is 2.53. The van der Waals surface area contributed by atoms with Crippen molar-refractivity contribution in [3.8, 4) is 11.8 Å². The first-order chi connectivity index (χ1) is 10.2. The summed E-state index contributed by atoms with van der Waals surface area (Å²) in [6, 6.07) is 3.53. The molecule has 1 unspecified atom stereocenters. The van der Waals surface area contributed by atoms with Gasteiger partial charge in [-0.2, -0.15) is 0 Å². The summed E-state index contributed by atoms with van der Waals surface area (Å²) >= 11 is 0. The molecule has 0 bridgehead atoms. The summed E-state index contributed by atoms with van der Waals surface area (Å²) in [6.07, 6.45) is 3.74. The summed E-state index contributed by atoms with van der Waals surface area (Å²) in [5, 5.41) is 0. The molecular formula is C16H21N3O2. The summed E-state index contributed by atoms with van der Waals surface area (Å²) < 4.78 is 5.19. The van der Waals surface area contributed by atoms with Gasteiger partial charge >= 0.3 is 0 Å². The Balaban J connectivity index is 2.02. The Hall–Kier alpha value is -1.90. The van der Waals surface area contributed by atoms with E-state index in [1.807, 2.05) is 4.90 Å². The number of piperidine rings is 1. The van der Waals surface area contributed by atoms with Crippen molar-refractivity contribution in [1.82, 2.24) is 9.88 Å². The third kappa shape index (κ3) is 4.28. The van der Waals surface area contributed by atoms with Crippen LogP contribution in [0.15, 0.2) is 18.3 Å². The fraction of sp³-hybridized carbons (Fsp3) is 0.500. The molecule has 21 heavy (non-hydrogen) atoms. The zero-order chi connectivity index (χ0) is 15.1. The maximum absolute atomic E-state index is 12.4. The number of carbonyl (C=O) groups excluding carboxylic acids is 1. The summed E-state index contributed by atoms with van der Waals surface area (Å²) in [4.78, 5) is 18.5. The molecule has 2 N–H and O–H groups in total. The van der Waals surface area contributed by atoms with Gasteiger partial charge in [0.1, 0.15) is 5.69 Å². The highest BCUT2D eigenvalue weighted by atomic mass is 16.5. The SMILES string of the molecule is COCC1CCCN(C(=O)c2ccc(C#CCN)cn2)C1. The summed E-state index contributed by atoms with van der Waals surface area (Å²) in [5.41, 5.74) is 6.56. The van der Waals surface area contributed by atoms with E-state index in [9.17, 15) is 4.79 Å². The van der Waals surface area contributed by atoms with Crippen molar-refractivity contribution in [1.29, 1.82) is 0 Å². The van der Waals surface area contributed by atoms with Crippen LogP contribution in [0.4, 0.5) is 0 Å². The van der Waals surface area contributed by atoms with Crippen LogP contribution in [-0.4, -0.2) is 49.1 Å². The Morgan fingerprint density at radius 2 is 2.43 bits per heavy atom. The number of carbonyl (C=O) groups is 1. The molecule has 1 saturated heterocycles. The number of pyridine rings is 1. The molecule has 1 aromatic rings. The topological polar surface area (TPSA) is 68.5 Å². The largest absolute Gasteiger partial charge is 0.384 e. The third-order valence-electron chi connectivity index (χ3n) is 3.53. The van der Waals surface area contributed by atoms with Gasteiger partial charge in [0.25, 0.3) is 5.91 Å². The first-order valence-corrected chi connectivity index (χ1v) is 7.17. The second-order valence-electron chi connectivity index (χ2n) is 5.15. The number of amides is 1. The van der Waals surface area contributed by atoms with Gasteiger partial charge in [-0.15, -0.1) is 0 Å². The number of aromatic nitrogens is 1. The molecule has 0 spiro atoms. The molecular weight excluding hydrogens is 266 g/mol. The monoisotopic (exact) mass is 287 g/mol. The molecule has 1 atom stereocenters. The Morgan fingerprint density at radius 3 is 3.10 bits per heavy atom. The molecule has 1 amide bonds. The van der Waals surface area contributed by atoms with Crippen LogP contribution in [0.1, 0.15) is 28.9 Å². The molecule has 0 radical (unpaired) electrons. The van der Waals surface area contributed by atoms with E-state index in [2.05, 4.69) is 16.8 Å². The molecule has 1 aromatic heterocycles. The van der Waals surface area contributed by atoms with E-state index in [0.717, 1.165) is 31.5 Å². The molecule has 0 aliphatic carbocycles. The molecule has 2 rings (SSSR count). The summed E-state index contributed by atoms with van der Waals surface area (Å²) in [5.74, 6) is 6.06. The highest BCUT2D eigenvalue weighted by Gasteiger charge is 2.24. The zero-order valence-corrected chi connectivity index (χ0v) is 12.3. The van der Waals surface area contributed by atoms with Gasteiger partial charge < -0.3 is 15.4 Å². The Bertz CT molecular complexity index is 529. The number of hydrogen-bond acceptors (Lipinski definition) is 4. The number of nitrogens with two attached hydrogens (primary N) is 1. The fourth-order valence-electron chi connectivity index (χ4n) is 2.53. The van der Waals surface area contributed by atoms with Crippen LogP contribution in [-0.2, 0) is 4.74 Å². The van der Waals surface area contributed by atoms with Gasteiger partial charge in [-0.25, -0.2) is 4.98 Å². The van der Waals surface area contributed by atoms with Crippen LogP contribution in [0.25, 0.3) is 0 Å². The maximum Gasteiger partial charge on any atom is 0.272 e. The van der Waals surface area contributed by atoms with E-state index in [1.165, 1.54) is 0 Å². The number of rotatable bonds is 3. The Kier molecular flexibility index (Phi) is 5.73. The molecule has 0 aromatic carbocycles. The van der Waals surface area contributed by atoms with E-state index in [0.29, 0.717) is 24.8 Å². The van der Waals surface area contributed by atoms with Gasteiger partial charge in [-0.05, 0) is 30.9 Å². The van der Waals surface area contributed by atoms with Crippen molar-refractivity contribution in [2.45, 2.75) is 12.8 Å². The number of methoxy groups -OCH3 is 1. The number of hydrogen-bond donors (Lipinski definition) is 1. The van der Waals surface area contributed by atoms with Crippen LogP contribution in [0.3, 0.4) is 0 Å². The van der Waals surface area contributed by atoms with Gasteiger partial charge in [0.2, 0.25) is 0 Å². The smallest absolute Gasteiger partial charge is 0.272 e. The van der Waals surface area contributed by atoms with Crippen LogP contribution in [0.5, 0.6) is 0 Å². The highest BCUT2D eigenvalue weighted by Crippen LogP contribution is 2.18. The molecule has 5 nitrogen and oxygen atoms in total. The van der Waals surface area contributed by atoms with Crippen molar-refractivity contribution in [3.63, 3.8) is 0 Å². The van der Waals surface area contributed by atoms with Crippen LogP contribution >= 0.6 is 0 Å². The molecule has 2 heterocycles. The van der Waals surface area contributed by atoms with E-state index in [1.54, 1.807) is 25.4 Å². The Labute approximate surface area is 125 Å². The molecule has 1 aliphatic heterocycles. The molecule has 0 saturated carbocycles. The highest BCUT2D eigenvalue weighted by molar-refractivity contribution is 5.92. The lowest BCUT2D eigenvalue weighted by Crippen LogP contribution is -2.41. The van der Waals surface area contributed by atoms with Crippen molar-refractivity contribution >= 4 is 5.91 Å². The minimum atomic E-state index is -0.0193. The quantitative estimate of drug-likeness (QED) is 0.838. The zero-order valence-electron chi connectivity index (χ0n) is 12.3. The average molecular weight is 287 g/mol. The standard InChI is InChI=1S/C16H21N3O2/c1-21-12-14-5-3-9-19(11-14)16(20)15-7-6-13(10-18-15)4-2-8-17/h6-7,10,14H,3,5,8-9,11-12,17H2,1H3. The second-order valence-corrected chi connectivity index (χ2v) is 5.15. The minimum Gasteiger partial charge on any atom is -0.384 e. The lowest BCUT2D eigenvalue weighted by molar-refractivity contribution is 0.0565. The van der Waals surface area contributed by atoms with Crippen LogP contribution in [0.2, 0.25) is 0 Å². The molecule has 1 fully saturated rings. The van der Waals surface area contributed by atoms with Gasteiger partial charge in [-0.3, -0.25) is 4.79 Å². The summed E-state index contributed by atoms with van der Waals surface area (Å²) in [6.45, 7) is 2.54. The predicted octanol–water partition coefficient (Wildman–Crippen LogP) is 0.890. The molecule has 5 heteroatoms. The molecule has 1 aliphatic rings. The lowest BCUT2D eigenvalue weighted by atomic mass is 9.98. The third-order valence-corrected chi connectivity index (χ3v) is 3.53. The summed E-state index contributed by atoms with van der Waals surface area (Å²) in [7, 11) is 1.70. The van der Waals surface area contributed by atoms with Crippen molar-refractivity contribution in [3.05, 3.63) is 29.6 Å². The molecule has 112 valence electrons. The number of ether oxygens (including phenoxy) is 1. The Morgan fingerprint density at radius 1 is 1.57 bits per heavy atom. The lowest BCUT2D eigenvalue weighted by Gasteiger charge is -2.32. The van der Waals surface area contributed by atoms with Gasteiger partial charge in [0, 0.05) is 32.0 Å². The van der Waals surface area contributed by atoms with E-state index in [-0.39, 0.29) is 5.91 Å².